The molecular formula is C8H10O4. The van der Waals surface area contributed by atoms with E-state index in [0.717, 1.165) is 0 Å². The highest BCUT2D eigenvalue weighted by molar-refractivity contribution is 5.98. The van der Waals surface area contributed by atoms with Crippen LogP contribution in [0.5, 0.6) is 0 Å². The van der Waals surface area contributed by atoms with E-state index in [-0.39, 0.29) is 6.61 Å². The number of carbonyl (C=O) groups is 2. The monoisotopic (exact) mass is 170 g/mol. The summed E-state index contributed by atoms with van der Waals surface area (Å²) in [5.41, 5.74) is -1.53. The second-order valence-corrected chi connectivity index (χ2v) is 2.71. The molecular weight excluding hydrogens is 160 g/mol. The quantitative estimate of drug-likeness (QED) is 0.375. The molecule has 0 unspecified atom stereocenters. The minimum absolute atomic E-state index is 0.199. The van der Waals surface area contributed by atoms with Crippen molar-refractivity contribution in [2.75, 3.05) is 6.61 Å². The number of carboxylic acids is 1. The molecule has 4 nitrogen and oxygen atoms in total. The molecule has 0 saturated heterocycles. The van der Waals surface area contributed by atoms with Gasteiger partial charge >= 0.3 is 11.9 Å². The van der Waals surface area contributed by atoms with Crippen LogP contribution in [-0.2, 0) is 14.3 Å². The van der Waals surface area contributed by atoms with Crippen LogP contribution in [0.1, 0.15) is 13.8 Å². The summed E-state index contributed by atoms with van der Waals surface area (Å²) in [5, 5.41) is 8.56. The number of carbonyl (C=O) groups excluding carboxylic acids is 1. The fourth-order valence-electron chi connectivity index (χ4n) is 0.375. The first-order valence-electron chi connectivity index (χ1n) is 3.27. The first-order valence-corrected chi connectivity index (χ1v) is 3.27. The van der Waals surface area contributed by atoms with E-state index in [1.54, 1.807) is 0 Å². The highest BCUT2D eigenvalue weighted by Crippen LogP contribution is 2.16. The van der Waals surface area contributed by atoms with Gasteiger partial charge in [-0.15, -0.1) is 6.42 Å². The number of hydrogen-bond donors (Lipinski definition) is 1. The molecule has 66 valence electrons. The third kappa shape index (κ3) is 2.27. The van der Waals surface area contributed by atoms with Crippen molar-refractivity contribution in [3.8, 4) is 12.3 Å². The van der Waals surface area contributed by atoms with Crippen molar-refractivity contribution < 1.29 is 19.4 Å². The molecule has 0 aromatic rings. The molecule has 0 spiro atoms. The van der Waals surface area contributed by atoms with Crippen LogP contribution in [0.3, 0.4) is 0 Å². The van der Waals surface area contributed by atoms with E-state index >= 15 is 0 Å². The Bertz CT molecular complexity index is 234. The molecule has 0 aliphatic rings. The molecule has 0 aromatic heterocycles. The van der Waals surface area contributed by atoms with E-state index in [0.29, 0.717) is 0 Å². The number of hydrogen-bond acceptors (Lipinski definition) is 3. The lowest BCUT2D eigenvalue weighted by Gasteiger charge is -2.15. The van der Waals surface area contributed by atoms with Crippen molar-refractivity contribution in [1.82, 2.24) is 0 Å². The lowest BCUT2D eigenvalue weighted by molar-refractivity contribution is -0.165. The number of rotatable bonds is 3. The maximum atomic E-state index is 11.0. The summed E-state index contributed by atoms with van der Waals surface area (Å²) in [6.45, 7) is 2.32. The third-order valence-corrected chi connectivity index (χ3v) is 1.33. The predicted octanol–water partition coefficient (Wildman–Crippen LogP) is 0.274. The van der Waals surface area contributed by atoms with Crippen LogP contribution in [0, 0.1) is 17.8 Å². The first kappa shape index (κ1) is 10.5. The van der Waals surface area contributed by atoms with Crippen LogP contribution in [0.25, 0.3) is 0 Å². The van der Waals surface area contributed by atoms with Gasteiger partial charge in [0.25, 0.3) is 0 Å². The number of ether oxygens (including phenoxy) is 1. The van der Waals surface area contributed by atoms with Crippen molar-refractivity contribution in [3.63, 3.8) is 0 Å². The highest BCUT2D eigenvalue weighted by Gasteiger charge is 2.37. The van der Waals surface area contributed by atoms with Gasteiger partial charge in [-0.1, -0.05) is 5.92 Å². The largest absolute Gasteiger partial charge is 0.480 e. The average Bonchev–Trinajstić information content (AvgIpc) is 1.99. The van der Waals surface area contributed by atoms with Gasteiger partial charge in [0.05, 0.1) is 0 Å². The van der Waals surface area contributed by atoms with Crippen LogP contribution in [-0.4, -0.2) is 23.7 Å². The van der Waals surface area contributed by atoms with Crippen molar-refractivity contribution in [2.24, 2.45) is 5.41 Å². The lowest BCUT2D eigenvalue weighted by Crippen LogP contribution is -2.34. The second-order valence-electron chi connectivity index (χ2n) is 2.71. The van der Waals surface area contributed by atoms with Gasteiger partial charge in [0.2, 0.25) is 0 Å². The Balaban J connectivity index is 4.28. The smallest absolute Gasteiger partial charge is 0.323 e. The maximum Gasteiger partial charge on any atom is 0.323 e. The molecule has 4 heteroatoms. The molecule has 0 heterocycles. The van der Waals surface area contributed by atoms with Crippen LogP contribution in [0.2, 0.25) is 0 Å². The highest BCUT2D eigenvalue weighted by atomic mass is 16.5. The zero-order valence-electron chi connectivity index (χ0n) is 6.96. The molecule has 0 rings (SSSR count). The van der Waals surface area contributed by atoms with E-state index in [1.807, 2.05) is 0 Å². The molecule has 0 aliphatic carbocycles. The molecule has 1 N–H and O–H groups in total. The van der Waals surface area contributed by atoms with Crippen molar-refractivity contribution in [3.05, 3.63) is 0 Å². The Morgan fingerprint density at radius 3 is 2.42 bits per heavy atom. The van der Waals surface area contributed by atoms with Gasteiger partial charge in [-0.3, -0.25) is 9.59 Å². The van der Waals surface area contributed by atoms with Gasteiger partial charge in [-0.2, -0.15) is 0 Å². The zero-order chi connectivity index (χ0) is 9.78. The predicted molar refractivity (Wildman–Crippen MR) is 41.2 cm³/mol. The van der Waals surface area contributed by atoms with Crippen molar-refractivity contribution in [1.29, 1.82) is 0 Å². The third-order valence-electron chi connectivity index (χ3n) is 1.33. The maximum absolute atomic E-state index is 11.0. The number of esters is 1. The van der Waals surface area contributed by atoms with Crippen LogP contribution < -0.4 is 0 Å². The zero-order valence-corrected chi connectivity index (χ0v) is 6.96. The Morgan fingerprint density at radius 2 is 2.08 bits per heavy atom. The topological polar surface area (TPSA) is 63.6 Å². The summed E-state index contributed by atoms with van der Waals surface area (Å²) >= 11 is 0. The fraction of sp³-hybridized carbons (Fsp3) is 0.500. The summed E-state index contributed by atoms with van der Waals surface area (Å²) in [7, 11) is 0. The SMILES string of the molecule is C#CCOC(=O)C(C)(C)C(=O)O. The summed E-state index contributed by atoms with van der Waals surface area (Å²) in [6, 6.07) is 0. The number of carboxylic acid groups (broad SMARTS) is 1. The molecule has 0 aliphatic heterocycles. The van der Waals surface area contributed by atoms with Crippen LogP contribution >= 0.6 is 0 Å². The molecule has 0 radical (unpaired) electrons. The minimum atomic E-state index is -1.53. The molecule has 0 atom stereocenters. The van der Waals surface area contributed by atoms with E-state index in [1.165, 1.54) is 13.8 Å². The second kappa shape index (κ2) is 3.77. The lowest BCUT2D eigenvalue weighted by atomic mass is 9.94. The fourth-order valence-corrected chi connectivity index (χ4v) is 0.375. The Labute approximate surface area is 70.5 Å². The summed E-state index contributed by atoms with van der Waals surface area (Å²) in [5.74, 6) is 0.0157. The number of aliphatic carboxylic acids is 1. The Hall–Kier alpha value is -1.50. The van der Waals surface area contributed by atoms with E-state index in [2.05, 4.69) is 10.7 Å². The average molecular weight is 170 g/mol. The van der Waals surface area contributed by atoms with Crippen LogP contribution in [0.15, 0.2) is 0 Å². The molecule has 0 fully saturated rings. The first-order chi connectivity index (χ1) is 5.42. The summed E-state index contributed by atoms with van der Waals surface area (Å²) in [4.78, 5) is 21.4. The molecule has 0 saturated carbocycles. The van der Waals surface area contributed by atoms with Gasteiger partial charge in [-0.05, 0) is 13.8 Å². The standard InChI is InChI=1S/C8H10O4/c1-4-5-12-7(11)8(2,3)6(9)10/h1H,5H2,2-3H3,(H,9,10). The van der Waals surface area contributed by atoms with Gasteiger partial charge in [0.1, 0.15) is 0 Å². The van der Waals surface area contributed by atoms with Crippen molar-refractivity contribution >= 4 is 11.9 Å². The molecule has 0 amide bonds. The van der Waals surface area contributed by atoms with Crippen LogP contribution in [0.4, 0.5) is 0 Å². The molecule has 0 bridgehead atoms. The Kier molecular flexibility index (Phi) is 3.30. The van der Waals surface area contributed by atoms with E-state index in [9.17, 15) is 9.59 Å². The van der Waals surface area contributed by atoms with Gasteiger partial charge < -0.3 is 9.84 Å². The van der Waals surface area contributed by atoms with E-state index in [4.69, 9.17) is 11.5 Å². The van der Waals surface area contributed by atoms with Gasteiger partial charge in [0, 0.05) is 0 Å². The van der Waals surface area contributed by atoms with Gasteiger partial charge in [-0.25, -0.2) is 0 Å². The Morgan fingerprint density at radius 1 is 1.58 bits per heavy atom. The summed E-state index contributed by atoms with van der Waals surface area (Å²) < 4.78 is 4.46. The number of terminal acetylenes is 1. The molecule has 0 aromatic carbocycles. The minimum Gasteiger partial charge on any atom is -0.480 e. The van der Waals surface area contributed by atoms with Gasteiger partial charge in [0.15, 0.2) is 12.0 Å². The summed E-state index contributed by atoms with van der Waals surface area (Å²) in [6.07, 6.45) is 4.82. The van der Waals surface area contributed by atoms with E-state index < -0.39 is 17.4 Å². The molecule has 12 heavy (non-hydrogen) atoms. The van der Waals surface area contributed by atoms with Crippen molar-refractivity contribution in [2.45, 2.75) is 13.8 Å². The normalized spacial score (nSPS) is 10.1.